The predicted molar refractivity (Wildman–Crippen MR) is 113 cm³/mol. The number of allylic oxidation sites excluding steroid dienone is 1. The fourth-order valence-electron chi connectivity index (χ4n) is 11.6. The molecular formula is C27H26O6. The Kier molecular flexibility index (Phi) is 2.85. The second-order valence-corrected chi connectivity index (χ2v) is 11.4. The minimum Gasteiger partial charge on any atom is -0.462 e. The second kappa shape index (κ2) is 5.26. The van der Waals surface area contributed by atoms with Crippen LogP contribution in [0.4, 0.5) is 0 Å². The monoisotopic (exact) mass is 446 g/mol. The number of fused-ring (bicyclic) bond motifs is 1. The van der Waals surface area contributed by atoms with E-state index in [9.17, 15) is 9.59 Å². The average molecular weight is 446 g/mol. The highest BCUT2D eigenvalue weighted by Gasteiger charge is 2.97. The van der Waals surface area contributed by atoms with Crippen molar-refractivity contribution in [3.63, 3.8) is 0 Å². The van der Waals surface area contributed by atoms with Crippen LogP contribution in [0.3, 0.4) is 0 Å². The molecule has 0 aromatic heterocycles. The Morgan fingerprint density at radius 3 is 1.58 bits per heavy atom. The Morgan fingerprint density at radius 1 is 0.758 bits per heavy atom. The van der Waals surface area contributed by atoms with Gasteiger partial charge in [-0.1, -0.05) is 12.1 Å². The standard InChI is InChI=1S/C27H26O6/c1-3-30-25(28)22(26(29)31-4-2)17-11-13-15-12(17)16-14(11)19-18(13)23-20(15)21(16)24(19)27(23)32-9-7-5-6-8-10(9)33-27/h5-8,11-16,18-21,23-24H,3-4H2,1-2H3. The molecule has 10 rings (SSSR count). The molecule has 0 N–H and O–H groups in total. The van der Waals surface area contributed by atoms with Crippen molar-refractivity contribution in [3.05, 3.63) is 35.4 Å². The Balaban J connectivity index is 1.18. The van der Waals surface area contributed by atoms with Crippen LogP contribution in [0.1, 0.15) is 13.8 Å². The van der Waals surface area contributed by atoms with Gasteiger partial charge in [0.1, 0.15) is 5.57 Å². The van der Waals surface area contributed by atoms with Crippen LogP contribution in [-0.4, -0.2) is 30.9 Å². The third-order valence-electron chi connectivity index (χ3n) is 11.2. The molecule has 9 aliphatic rings. The van der Waals surface area contributed by atoms with Gasteiger partial charge in [0.2, 0.25) is 0 Å². The Morgan fingerprint density at radius 2 is 1.18 bits per heavy atom. The third kappa shape index (κ3) is 1.54. The lowest BCUT2D eigenvalue weighted by atomic mass is 9.80. The van der Waals surface area contributed by atoms with Crippen molar-refractivity contribution in [3.8, 4) is 11.5 Å². The van der Waals surface area contributed by atoms with Crippen LogP contribution in [0, 0.1) is 71.0 Å². The summed E-state index contributed by atoms with van der Waals surface area (Å²) in [4.78, 5) is 26.0. The number of benzene rings is 1. The van der Waals surface area contributed by atoms with Gasteiger partial charge in [-0.3, -0.25) is 0 Å². The minimum atomic E-state index is -0.481. The third-order valence-corrected chi connectivity index (χ3v) is 11.2. The van der Waals surface area contributed by atoms with Gasteiger partial charge in [0.25, 0.3) is 5.79 Å². The number of carbonyl (C=O) groups is 2. The van der Waals surface area contributed by atoms with E-state index in [4.69, 9.17) is 18.9 Å². The number of ether oxygens (including phenoxy) is 4. The summed E-state index contributed by atoms with van der Waals surface area (Å²) in [6.07, 6.45) is 0. The van der Waals surface area contributed by atoms with E-state index in [0.29, 0.717) is 71.0 Å². The van der Waals surface area contributed by atoms with E-state index in [1.807, 2.05) is 24.3 Å². The van der Waals surface area contributed by atoms with Crippen LogP contribution in [-0.2, 0) is 19.1 Å². The van der Waals surface area contributed by atoms with Crippen LogP contribution in [0.15, 0.2) is 35.4 Å². The Hall–Kier alpha value is -2.50. The molecule has 1 aromatic rings. The lowest BCUT2D eigenvalue weighted by Gasteiger charge is -2.30. The quantitative estimate of drug-likeness (QED) is 0.306. The van der Waals surface area contributed by atoms with Gasteiger partial charge in [-0.2, -0.15) is 0 Å². The van der Waals surface area contributed by atoms with Gasteiger partial charge in [-0.25, -0.2) is 9.59 Å². The van der Waals surface area contributed by atoms with Crippen LogP contribution in [0.5, 0.6) is 11.5 Å². The number of carbonyl (C=O) groups excluding carboxylic acids is 2. The first-order chi connectivity index (χ1) is 16.1. The first-order valence-corrected chi connectivity index (χ1v) is 12.7. The molecule has 0 radical (unpaired) electrons. The molecule has 33 heavy (non-hydrogen) atoms. The molecule has 0 saturated heterocycles. The fourth-order valence-corrected chi connectivity index (χ4v) is 11.6. The number of esters is 2. The lowest BCUT2D eigenvalue weighted by molar-refractivity contribution is -0.147. The molecule has 1 spiro atoms. The summed E-state index contributed by atoms with van der Waals surface area (Å²) < 4.78 is 24.2. The maximum Gasteiger partial charge on any atom is 0.345 e. The first kappa shape index (κ1) is 17.9. The predicted octanol–water partition coefficient (Wildman–Crippen LogP) is 3.07. The smallest absolute Gasteiger partial charge is 0.345 e. The van der Waals surface area contributed by atoms with E-state index in [1.54, 1.807) is 13.8 Å². The molecule has 8 atom stereocenters. The molecule has 8 fully saturated rings. The first-order valence-electron chi connectivity index (χ1n) is 12.7. The largest absolute Gasteiger partial charge is 0.462 e. The summed E-state index contributed by atoms with van der Waals surface area (Å²) in [6.45, 7) is 4.11. The van der Waals surface area contributed by atoms with Crippen LogP contribution < -0.4 is 9.47 Å². The topological polar surface area (TPSA) is 71.1 Å². The van der Waals surface area contributed by atoms with E-state index in [0.717, 1.165) is 17.1 Å². The van der Waals surface area contributed by atoms with E-state index in [2.05, 4.69) is 0 Å². The van der Waals surface area contributed by atoms with Crippen molar-refractivity contribution in [2.24, 2.45) is 71.0 Å². The lowest BCUT2D eigenvalue weighted by Crippen LogP contribution is -2.46. The summed E-state index contributed by atoms with van der Waals surface area (Å²) >= 11 is 0. The summed E-state index contributed by atoms with van der Waals surface area (Å²) in [6, 6.07) is 8.12. The molecule has 0 amide bonds. The normalized spacial score (nSPS) is 49.5. The summed E-state index contributed by atoms with van der Waals surface area (Å²) in [7, 11) is 0. The SMILES string of the molecule is CCOC(=O)C(C(=O)OCC)=C1C2C3C4C1C1C2C2C3C3C4C1C2C31Oc2ccccc2O1. The van der Waals surface area contributed by atoms with Crippen molar-refractivity contribution >= 4 is 11.9 Å². The van der Waals surface area contributed by atoms with Gasteiger partial charge in [0.05, 0.1) is 13.2 Å². The van der Waals surface area contributed by atoms with Gasteiger partial charge in [-0.05, 0) is 90.7 Å². The van der Waals surface area contributed by atoms with E-state index < -0.39 is 17.7 Å². The van der Waals surface area contributed by atoms with Gasteiger partial charge in [-0.15, -0.1) is 0 Å². The molecule has 8 saturated carbocycles. The molecule has 1 aromatic carbocycles. The van der Waals surface area contributed by atoms with Crippen LogP contribution >= 0.6 is 0 Å². The van der Waals surface area contributed by atoms with Gasteiger partial charge in [0.15, 0.2) is 11.5 Å². The van der Waals surface area contributed by atoms with Crippen molar-refractivity contribution in [1.82, 2.24) is 0 Å². The van der Waals surface area contributed by atoms with Crippen LogP contribution in [0.2, 0.25) is 0 Å². The van der Waals surface area contributed by atoms with Gasteiger partial charge >= 0.3 is 11.9 Å². The highest BCUT2D eigenvalue weighted by atomic mass is 16.7. The molecule has 170 valence electrons. The summed E-state index contributed by atoms with van der Waals surface area (Å²) in [5.41, 5.74) is 1.35. The molecule has 6 heteroatoms. The minimum absolute atomic E-state index is 0.237. The molecule has 1 aliphatic heterocycles. The Labute approximate surface area is 191 Å². The number of hydrogen-bond donors (Lipinski definition) is 0. The van der Waals surface area contributed by atoms with Gasteiger partial charge < -0.3 is 18.9 Å². The number of rotatable bonds is 4. The molecule has 8 aliphatic carbocycles. The number of hydrogen-bond acceptors (Lipinski definition) is 6. The average Bonchev–Trinajstić information content (AvgIpc) is 3.58. The Bertz CT molecular complexity index is 1080. The number of para-hydroxylation sites is 2. The van der Waals surface area contributed by atoms with E-state index in [-0.39, 0.29) is 18.8 Å². The zero-order valence-corrected chi connectivity index (χ0v) is 18.6. The summed E-state index contributed by atoms with van der Waals surface area (Å²) in [5, 5.41) is 0. The zero-order valence-electron chi connectivity index (χ0n) is 18.6. The van der Waals surface area contributed by atoms with Gasteiger partial charge in [0, 0.05) is 11.8 Å². The van der Waals surface area contributed by atoms with E-state index in [1.165, 1.54) is 0 Å². The zero-order chi connectivity index (χ0) is 22.0. The van der Waals surface area contributed by atoms with Crippen molar-refractivity contribution in [2.45, 2.75) is 19.6 Å². The molecule has 6 nitrogen and oxygen atoms in total. The fraction of sp³-hybridized carbons (Fsp3) is 0.630. The van der Waals surface area contributed by atoms with E-state index >= 15 is 0 Å². The van der Waals surface area contributed by atoms with Crippen molar-refractivity contribution in [2.75, 3.05) is 13.2 Å². The van der Waals surface area contributed by atoms with Crippen molar-refractivity contribution < 1.29 is 28.5 Å². The van der Waals surface area contributed by atoms with Crippen LogP contribution in [0.25, 0.3) is 0 Å². The molecule has 1 heterocycles. The summed E-state index contributed by atoms with van der Waals surface area (Å²) in [5.74, 6) is 6.48. The maximum absolute atomic E-state index is 13.0. The maximum atomic E-state index is 13.0. The second-order valence-electron chi connectivity index (χ2n) is 11.4. The highest BCUT2D eigenvalue weighted by Crippen LogP contribution is 2.95. The molecular weight excluding hydrogens is 420 g/mol. The molecule has 4 bridgehead atoms. The van der Waals surface area contributed by atoms with Crippen molar-refractivity contribution in [1.29, 1.82) is 0 Å². The highest BCUT2D eigenvalue weighted by molar-refractivity contribution is 6.15. The molecule has 8 unspecified atom stereocenters.